The second-order valence-electron chi connectivity index (χ2n) is 4.15. The summed E-state index contributed by atoms with van der Waals surface area (Å²) in [4.78, 5) is 24.0. The zero-order valence-corrected chi connectivity index (χ0v) is 10.2. The first-order chi connectivity index (χ1) is 8.50. The van der Waals surface area contributed by atoms with Crippen LogP contribution in [0.4, 0.5) is 4.39 Å². The molecule has 0 aliphatic heterocycles. The minimum absolute atomic E-state index is 0.00367. The van der Waals surface area contributed by atoms with Crippen molar-refractivity contribution in [1.82, 2.24) is 4.90 Å². The Kier molecular flexibility index (Phi) is 3.52. The SMILES string of the molecule is O=C(O)CN(C(=O)c1c(F)cccc1Cl)C1CC1. The van der Waals surface area contributed by atoms with Gasteiger partial charge in [0.2, 0.25) is 0 Å². The fourth-order valence-electron chi connectivity index (χ4n) is 1.74. The van der Waals surface area contributed by atoms with Crippen LogP contribution in [0, 0.1) is 5.82 Å². The second kappa shape index (κ2) is 4.94. The number of rotatable bonds is 4. The highest BCUT2D eigenvalue weighted by Crippen LogP contribution is 2.30. The molecule has 0 heterocycles. The minimum atomic E-state index is -1.12. The summed E-state index contributed by atoms with van der Waals surface area (Å²) < 4.78 is 13.6. The van der Waals surface area contributed by atoms with E-state index in [2.05, 4.69) is 0 Å². The standard InChI is InChI=1S/C12H11ClFNO3/c13-8-2-1-3-9(14)11(8)12(18)15(6-10(16)17)7-4-5-7/h1-3,7H,4-6H2,(H,16,17). The van der Waals surface area contributed by atoms with E-state index in [1.54, 1.807) is 0 Å². The Bertz CT molecular complexity index is 482. The summed E-state index contributed by atoms with van der Waals surface area (Å²) in [7, 11) is 0. The molecular weight excluding hydrogens is 261 g/mol. The molecular formula is C12H11ClFNO3. The molecule has 0 spiro atoms. The van der Waals surface area contributed by atoms with E-state index in [4.69, 9.17) is 16.7 Å². The molecule has 1 amide bonds. The number of nitrogens with zero attached hydrogens (tertiary/aromatic N) is 1. The smallest absolute Gasteiger partial charge is 0.323 e. The molecule has 0 bridgehead atoms. The van der Waals surface area contributed by atoms with Gasteiger partial charge in [-0.15, -0.1) is 0 Å². The van der Waals surface area contributed by atoms with Crippen LogP contribution in [0.5, 0.6) is 0 Å². The van der Waals surface area contributed by atoms with E-state index in [1.807, 2.05) is 0 Å². The van der Waals surface area contributed by atoms with E-state index in [0.29, 0.717) is 0 Å². The van der Waals surface area contributed by atoms with E-state index in [1.165, 1.54) is 12.1 Å². The van der Waals surface area contributed by atoms with Gasteiger partial charge >= 0.3 is 5.97 Å². The molecule has 0 unspecified atom stereocenters. The molecule has 1 N–H and O–H groups in total. The third-order valence-electron chi connectivity index (χ3n) is 2.73. The first-order valence-corrected chi connectivity index (χ1v) is 5.85. The van der Waals surface area contributed by atoms with Crippen molar-refractivity contribution in [2.75, 3.05) is 6.54 Å². The predicted molar refractivity (Wildman–Crippen MR) is 63.1 cm³/mol. The molecule has 1 aliphatic carbocycles. The van der Waals surface area contributed by atoms with Gasteiger partial charge in [0.1, 0.15) is 12.4 Å². The first-order valence-electron chi connectivity index (χ1n) is 5.47. The Hall–Kier alpha value is -1.62. The number of carboxylic acids is 1. The Balaban J connectivity index is 2.30. The molecule has 4 nitrogen and oxygen atoms in total. The minimum Gasteiger partial charge on any atom is -0.480 e. The van der Waals surface area contributed by atoms with Gasteiger partial charge in [-0.2, -0.15) is 0 Å². The molecule has 1 aromatic carbocycles. The fourth-order valence-corrected chi connectivity index (χ4v) is 1.99. The number of carbonyl (C=O) groups excluding carboxylic acids is 1. The number of carboxylic acid groups (broad SMARTS) is 1. The zero-order chi connectivity index (χ0) is 13.3. The van der Waals surface area contributed by atoms with Crippen molar-refractivity contribution < 1.29 is 19.1 Å². The third-order valence-corrected chi connectivity index (χ3v) is 3.05. The molecule has 0 atom stereocenters. The Labute approximate surface area is 108 Å². The summed E-state index contributed by atoms with van der Waals surface area (Å²) >= 11 is 5.80. The highest BCUT2D eigenvalue weighted by Gasteiger charge is 2.35. The average Bonchev–Trinajstić information content (AvgIpc) is 3.09. The second-order valence-corrected chi connectivity index (χ2v) is 4.56. The molecule has 6 heteroatoms. The van der Waals surface area contributed by atoms with Gasteiger partial charge in [0.25, 0.3) is 5.91 Å². The Morgan fingerprint density at radius 2 is 2.11 bits per heavy atom. The fraction of sp³-hybridized carbons (Fsp3) is 0.333. The van der Waals surface area contributed by atoms with Crippen LogP contribution in [-0.4, -0.2) is 34.5 Å². The van der Waals surface area contributed by atoms with Gasteiger partial charge in [-0.3, -0.25) is 9.59 Å². The zero-order valence-electron chi connectivity index (χ0n) is 9.40. The van der Waals surface area contributed by atoms with Crippen LogP contribution >= 0.6 is 11.6 Å². The molecule has 0 radical (unpaired) electrons. The molecule has 2 rings (SSSR count). The van der Waals surface area contributed by atoms with E-state index in [9.17, 15) is 14.0 Å². The van der Waals surface area contributed by atoms with Gasteiger partial charge in [-0.1, -0.05) is 17.7 Å². The van der Waals surface area contributed by atoms with Crippen molar-refractivity contribution in [3.05, 3.63) is 34.6 Å². The van der Waals surface area contributed by atoms with Gasteiger partial charge in [-0.25, -0.2) is 4.39 Å². The lowest BCUT2D eigenvalue weighted by Gasteiger charge is -2.21. The summed E-state index contributed by atoms with van der Waals surface area (Å²) in [5.41, 5.74) is -0.257. The first kappa shape index (κ1) is 12.8. The summed E-state index contributed by atoms with van der Waals surface area (Å²) in [5, 5.41) is 8.77. The van der Waals surface area contributed by atoms with Gasteiger partial charge in [-0.05, 0) is 25.0 Å². The topological polar surface area (TPSA) is 57.6 Å². The number of amides is 1. The van der Waals surface area contributed by atoms with E-state index in [0.717, 1.165) is 23.8 Å². The highest BCUT2D eigenvalue weighted by atomic mass is 35.5. The molecule has 0 saturated heterocycles. The molecule has 96 valence electrons. The number of carbonyl (C=O) groups is 2. The summed E-state index contributed by atoms with van der Waals surface area (Å²) in [5.74, 6) is -2.52. The molecule has 0 aromatic heterocycles. The number of halogens is 2. The highest BCUT2D eigenvalue weighted by molar-refractivity contribution is 6.33. The Morgan fingerprint density at radius 3 is 2.61 bits per heavy atom. The van der Waals surface area contributed by atoms with Crippen LogP contribution < -0.4 is 0 Å². The third kappa shape index (κ3) is 2.61. The van der Waals surface area contributed by atoms with Crippen molar-refractivity contribution in [2.45, 2.75) is 18.9 Å². The Morgan fingerprint density at radius 1 is 1.44 bits per heavy atom. The van der Waals surface area contributed by atoms with E-state index >= 15 is 0 Å². The lowest BCUT2D eigenvalue weighted by Crippen LogP contribution is -2.38. The maximum absolute atomic E-state index is 13.6. The van der Waals surface area contributed by atoms with Gasteiger partial charge in [0, 0.05) is 6.04 Å². The van der Waals surface area contributed by atoms with Crippen molar-refractivity contribution in [1.29, 1.82) is 0 Å². The largest absolute Gasteiger partial charge is 0.480 e. The maximum atomic E-state index is 13.6. The van der Waals surface area contributed by atoms with Crippen molar-refractivity contribution >= 4 is 23.5 Å². The van der Waals surface area contributed by atoms with E-state index < -0.39 is 24.2 Å². The molecule has 18 heavy (non-hydrogen) atoms. The predicted octanol–water partition coefficient (Wildman–Crippen LogP) is 2.17. The van der Waals surface area contributed by atoms with Crippen LogP contribution in [0.3, 0.4) is 0 Å². The number of hydrogen-bond acceptors (Lipinski definition) is 2. The lowest BCUT2D eigenvalue weighted by atomic mass is 10.1. The van der Waals surface area contributed by atoms with Crippen LogP contribution in [0.1, 0.15) is 23.2 Å². The van der Waals surface area contributed by atoms with Crippen LogP contribution in [0.2, 0.25) is 5.02 Å². The van der Waals surface area contributed by atoms with Gasteiger partial charge < -0.3 is 10.0 Å². The van der Waals surface area contributed by atoms with Gasteiger partial charge in [0.05, 0.1) is 10.6 Å². The number of hydrogen-bond donors (Lipinski definition) is 1. The van der Waals surface area contributed by atoms with Crippen LogP contribution in [0.25, 0.3) is 0 Å². The number of aliphatic carboxylic acids is 1. The van der Waals surface area contributed by atoms with Crippen molar-refractivity contribution in [3.63, 3.8) is 0 Å². The molecule has 1 aromatic rings. The van der Waals surface area contributed by atoms with Crippen molar-refractivity contribution in [3.8, 4) is 0 Å². The lowest BCUT2D eigenvalue weighted by molar-refractivity contribution is -0.137. The summed E-state index contributed by atoms with van der Waals surface area (Å²) in [6.45, 7) is -0.436. The normalized spacial score (nSPS) is 14.3. The van der Waals surface area contributed by atoms with Crippen LogP contribution in [0.15, 0.2) is 18.2 Å². The molecule has 1 aliphatic rings. The number of benzene rings is 1. The van der Waals surface area contributed by atoms with E-state index in [-0.39, 0.29) is 16.6 Å². The average molecular weight is 272 g/mol. The van der Waals surface area contributed by atoms with Crippen molar-refractivity contribution in [2.24, 2.45) is 0 Å². The van der Waals surface area contributed by atoms with Gasteiger partial charge in [0.15, 0.2) is 0 Å². The maximum Gasteiger partial charge on any atom is 0.323 e. The molecule has 1 fully saturated rings. The molecule has 1 saturated carbocycles. The van der Waals surface area contributed by atoms with Crippen LogP contribution in [-0.2, 0) is 4.79 Å². The monoisotopic (exact) mass is 271 g/mol. The summed E-state index contributed by atoms with van der Waals surface area (Å²) in [6.07, 6.45) is 1.48. The quantitative estimate of drug-likeness (QED) is 0.913. The summed E-state index contributed by atoms with van der Waals surface area (Å²) in [6, 6.07) is 3.81.